The molecule has 0 unspecified atom stereocenters. The Bertz CT molecular complexity index is 881. The van der Waals surface area contributed by atoms with Gasteiger partial charge < -0.3 is 4.57 Å². The molecule has 4 rings (SSSR count). The number of nitrogens with zero attached hydrogens (tertiary/aromatic N) is 2. The van der Waals surface area contributed by atoms with Gasteiger partial charge in [-0.2, -0.15) is 0 Å². The van der Waals surface area contributed by atoms with Gasteiger partial charge in [0.2, 0.25) is 0 Å². The quantitative estimate of drug-likeness (QED) is 0.523. The van der Waals surface area contributed by atoms with Crippen molar-refractivity contribution in [1.29, 1.82) is 0 Å². The first-order valence-corrected chi connectivity index (χ1v) is 7.21. The van der Waals surface area contributed by atoms with Gasteiger partial charge in [-0.15, -0.1) is 0 Å². The van der Waals surface area contributed by atoms with E-state index in [1.807, 2.05) is 12.3 Å². The lowest BCUT2D eigenvalue weighted by Crippen LogP contribution is -2.01. The summed E-state index contributed by atoms with van der Waals surface area (Å²) < 4.78 is 2.31. The maximum Gasteiger partial charge on any atom is 0.141 e. The van der Waals surface area contributed by atoms with Crippen LogP contribution in [0.15, 0.2) is 66.9 Å². The van der Waals surface area contributed by atoms with Gasteiger partial charge in [-0.3, -0.25) is 0 Å². The molecule has 0 radical (unpaired) electrons. The molecule has 0 saturated heterocycles. The molecule has 21 heavy (non-hydrogen) atoms. The molecule has 0 spiro atoms. The Labute approximate surface area is 123 Å². The number of rotatable bonds is 2. The van der Waals surface area contributed by atoms with Crippen molar-refractivity contribution >= 4 is 21.9 Å². The van der Waals surface area contributed by atoms with Crippen LogP contribution in [0.1, 0.15) is 11.1 Å². The molecule has 0 atom stereocenters. The molecule has 2 nitrogen and oxygen atoms in total. The average molecular weight is 272 g/mol. The minimum atomic E-state index is 0.855. The van der Waals surface area contributed by atoms with Gasteiger partial charge in [-0.25, -0.2) is 4.98 Å². The van der Waals surface area contributed by atoms with E-state index in [9.17, 15) is 0 Å². The van der Waals surface area contributed by atoms with Crippen molar-refractivity contribution in [1.82, 2.24) is 9.55 Å². The Morgan fingerprint density at radius 3 is 2.52 bits per heavy atom. The average Bonchev–Trinajstić information content (AvgIpc) is 2.85. The zero-order valence-electron chi connectivity index (χ0n) is 12.0. The van der Waals surface area contributed by atoms with Crippen molar-refractivity contribution in [3.05, 3.63) is 78.0 Å². The lowest BCUT2D eigenvalue weighted by atomic mass is 10.1. The fraction of sp³-hybridized carbons (Fsp3) is 0.105. The van der Waals surface area contributed by atoms with Crippen LogP contribution in [-0.4, -0.2) is 9.55 Å². The summed E-state index contributed by atoms with van der Waals surface area (Å²) in [5.41, 5.74) is 4.96. The molecule has 4 aromatic rings. The summed E-state index contributed by atoms with van der Waals surface area (Å²) in [5.74, 6) is 0. The monoisotopic (exact) mass is 272 g/mol. The first-order chi connectivity index (χ1) is 10.3. The lowest BCUT2D eigenvalue weighted by Gasteiger charge is -2.09. The topological polar surface area (TPSA) is 17.8 Å². The number of benzene rings is 2. The standard InChI is InChI=1S/C19H16N2/c1-14-7-2-3-8-15(14)13-21-18-11-5-4-9-16(18)17-10-6-12-20-19(17)21/h2-12H,13H2,1H3. The van der Waals surface area contributed by atoms with Crippen LogP contribution in [0, 0.1) is 6.92 Å². The molecule has 0 N–H and O–H groups in total. The molecule has 2 aromatic heterocycles. The van der Waals surface area contributed by atoms with Crippen molar-refractivity contribution in [2.75, 3.05) is 0 Å². The Hall–Kier alpha value is -2.61. The van der Waals surface area contributed by atoms with E-state index in [1.165, 1.54) is 27.4 Å². The van der Waals surface area contributed by atoms with E-state index in [-0.39, 0.29) is 0 Å². The Morgan fingerprint density at radius 2 is 1.62 bits per heavy atom. The smallest absolute Gasteiger partial charge is 0.141 e. The van der Waals surface area contributed by atoms with Crippen LogP contribution in [0.2, 0.25) is 0 Å². The van der Waals surface area contributed by atoms with Crippen LogP contribution in [-0.2, 0) is 6.54 Å². The summed E-state index contributed by atoms with van der Waals surface area (Å²) in [6.45, 7) is 3.02. The van der Waals surface area contributed by atoms with Crippen molar-refractivity contribution < 1.29 is 0 Å². The van der Waals surface area contributed by atoms with E-state index in [0.29, 0.717) is 0 Å². The Morgan fingerprint density at radius 1 is 0.857 bits per heavy atom. The molecule has 2 heteroatoms. The highest BCUT2D eigenvalue weighted by molar-refractivity contribution is 6.06. The maximum atomic E-state index is 4.61. The highest BCUT2D eigenvalue weighted by atomic mass is 15.0. The van der Waals surface area contributed by atoms with Gasteiger partial charge in [0.25, 0.3) is 0 Å². The van der Waals surface area contributed by atoms with Crippen molar-refractivity contribution in [2.45, 2.75) is 13.5 Å². The summed E-state index contributed by atoms with van der Waals surface area (Å²) in [6.07, 6.45) is 1.87. The number of aryl methyl sites for hydroxylation is 1. The van der Waals surface area contributed by atoms with Gasteiger partial charge in [-0.1, -0.05) is 42.5 Å². The molecule has 0 aliphatic carbocycles. The number of aromatic nitrogens is 2. The second-order valence-electron chi connectivity index (χ2n) is 5.40. The van der Waals surface area contributed by atoms with Crippen molar-refractivity contribution in [3.63, 3.8) is 0 Å². The third-order valence-corrected chi connectivity index (χ3v) is 4.12. The van der Waals surface area contributed by atoms with Gasteiger partial charge in [0.05, 0.1) is 5.52 Å². The minimum Gasteiger partial charge on any atom is -0.321 e. The van der Waals surface area contributed by atoms with E-state index in [1.54, 1.807) is 0 Å². The second-order valence-corrected chi connectivity index (χ2v) is 5.40. The third-order valence-electron chi connectivity index (χ3n) is 4.12. The van der Waals surface area contributed by atoms with Crippen LogP contribution in [0.5, 0.6) is 0 Å². The van der Waals surface area contributed by atoms with Gasteiger partial charge in [0, 0.05) is 23.5 Å². The summed E-state index contributed by atoms with van der Waals surface area (Å²) in [7, 11) is 0. The molecule has 2 aromatic carbocycles. The van der Waals surface area contributed by atoms with E-state index in [2.05, 4.69) is 71.1 Å². The number of hydrogen-bond acceptors (Lipinski definition) is 1. The number of pyridine rings is 1. The maximum absolute atomic E-state index is 4.61. The summed E-state index contributed by atoms with van der Waals surface area (Å²) in [5, 5.41) is 2.50. The largest absolute Gasteiger partial charge is 0.321 e. The van der Waals surface area contributed by atoms with Gasteiger partial charge in [-0.05, 0) is 36.2 Å². The van der Waals surface area contributed by atoms with Crippen molar-refractivity contribution in [3.8, 4) is 0 Å². The Kier molecular flexibility index (Phi) is 2.74. The van der Waals surface area contributed by atoms with E-state index < -0.39 is 0 Å². The third kappa shape index (κ3) is 1.91. The van der Waals surface area contributed by atoms with Crippen LogP contribution in [0.4, 0.5) is 0 Å². The van der Waals surface area contributed by atoms with E-state index >= 15 is 0 Å². The molecular weight excluding hydrogens is 256 g/mol. The lowest BCUT2D eigenvalue weighted by molar-refractivity contribution is 0.849. The highest BCUT2D eigenvalue weighted by Gasteiger charge is 2.11. The van der Waals surface area contributed by atoms with Crippen LogP contribution < -0.4 is 0 Å². The van der Waals surface area contributed by atoms with Crippen molar-refractivity contribution in [2.24, 2.45) is 0 Å². The van der Waals surface area contributed by atoms with Gasteiger partial charge >= 0.3 is 0 Å². The molecule has 2 heterocycles. The molecule has 0 aliphatic rings. The predicted octanol–water partition coefficient (Wildman–Crippen LogP) is 4.55. The molecule has 0 aliphatic heterocycles. The Balaban J connectivity index is 2.00. The molecule has 0 saturated carbocycles. The second kappa shape index (κ2) is 4.74. The van der Waals surface area contributed by atoms with Crippen LogP contribution in [0.3, 0.4) is 0 Å². The van der Waals surface area contributed by atoms with E-state index in [0.717, 1.165) is 12.2 Å². The zero-order chi connectivity index (χ0) is 14.2. The zero-order valence-corrected chi connectivity index (χ0v) is 12.0. The summed E-state index contributed by atoms with van der Waals surface area (Å²) in [4.78, 5) is 4.61. The van der Waals surface area contributed by atoms with Gasteiger partial charge in [0.1, 0.15) is 5.65 Å². The molecule has 0 fully saturated rings. The fourth-order valence-electron chi connectivity index (χ4n) is 2.99. The molecule has 102 valence electrons. The SMILES string of the molecule is Cc1ccccc1Cn1c2ccccc2c2cccnc21. The van der Waals surface area contributed by atoms with Crippen LogP contribution in [0.25, 0.3) is 21.9 Å². The van der Waals surface area contributed by atoms with E-state index in [4.69, 9.17) is 0 Å². The minimum absolute atomic E-state index is 0.855. The summed E-state index contributed by atoms with van der Waals surface area (Å²) >= 11 is 0. The van der Waals surface area contributed by atoms with Gasteiger partial charge in [0.15, 0.2) is 0 Å². The normalized spacial score (nSPS) is 11.3. The first kappa shape index (κ1) is 12.2. The molecule has 0 bridgehead atoms. The summed E-state index contributed by atoms with van der Waals surface area (Å²) in [6, 6.07) is 21.2. The molecule has 0 amide bonds. The number of hydrogen-bond donors (Lipinski definition) is 0. The number of fused-ring (bicyclic) bond motifs is 3. The fourth-order valence-corrected chi connectivity index (χ4v) is 2.99. The predicted molar refractivity (Wildman–Crippen MR) is 87.5 cm³/mol. The van der Waals surface area contributed by atoms with Crippen LogP contribution >= 0.6 is 0 Å². The first-order valence-electron chi connectivity index (χ1n) is 7.21. The number of para-hydroxylation sites is 1. The highest BCUT2D eigenvalue weighted by Crippen LogP contribution is 2.28. The molecular formula is C19H16N2.